The van der Waals surface area contributed by atoms with Crippen LogP contribution in [-0.2, 0) is 10.8 Å². The summed E-state index contributed by atoms with van der Waals surface area (Å²) in [5.74, 6) is -0.0997. The molecular weight excluding hydrogens is 296 g/mol. The lowest BCUT2D eigenvalue weighted by molar-refractivity contribution is 0.0979. The van der Waals surface area contributed by atoms with Crippen LogP contribution in [0, 0.1) is 0 Å². The van der Waals surface area contributed by atoms with E-state index in [0.717, 1.165) is 11.1 Å². The Morgan fingerprint density at radius 2 is 0.875 bits per heavy atom. The summed E-state index contributed by atoms with van der Waals surface area (Å²) in [6.07, 6.45) is 0. The van der Waals surface area contributed by atoms with Gasteiger partial charge < -0.3 is 0 Å². The van der Waals surface area contributed by atoms with Gasteiger partial charge in [-0.2, -0.15) is 0 Å². The molecule has 0 aliphatic heterocycles. The van der Waals surface area contributed by atoms with Crippen LogP contribution in [0.2, 0.25) is 0 Å². The molecular formula is C22H24O2. The van der Waals surface area contributed by atoms with Gasteiger partial charge in [0.1, 0.15) is 0 Å². The maximum atomic E-state index is 12.9. The number of hydrogen-bond donors (Lipinski definition) is 0. The monoisotopic (exact) mass is 320 g/mol. The predicted molar refractivity (Wildman–Crippen MR) is 97.1 cm³/mol. The van der Waals surface area contributed by atoms with Crippen molar-refractivity contribution in [2.45, 2.75) is 52.4 Å². The van der Waals surface area contributed by atoms with Gasteiger partial charge in [-0.25, -0.2) is 0 Å². The van der Waals surface area contributed by atoms with Gasteiger partial charge >= 0.3 is 0 Å². The zero-order valence-corrected chi connectivity index (χ0v) is 15.3. The largest absolute Gasteiger partial charge is 0.289 e. The molecule has 3 rings (SSSR count). The van der Waals surface area contributed by atoms with Crippen LogP contribution in [0.25, 0.3) is 0 Å². The molecule has 124 valence electrons. The molecule has 0 radical (unpaired) electrons. The SMILES string of the molecule is CC(C)(C)c1ccc2c(c1)C(=O)c1ccc(C(C)(C)C)cc1C2=O. The van der Waals surface area contributed by atoms with Gasteiger partial charge in [-0.3, -0.25) is 9.59 Å². The first kappa shape index (κ1) is 16.6. The van der Waals surface area contributed by atoms with Gasteiger partial charge in [0.15, 0.2) is 11.6 Å². The number of ketones is 2. The van der Waals surface area contributed by atoms with Gasteiger partial charge in [-0.1, -0.05) is 53.7 Å². The van der Waals surface area contributed by atoms with Crippen LogP contribution in [0.4, 0.5) is 0 Å². The Bertz CT molecular complexity index is 785. The third-order valence-electron chi connectivity index (χ3n) is 4.75. The Kier molecular flexibility index (Phi) is 3.56. The summed E-state index contributed by atoms with van der Waals surface area (Å²) in [7, 11) is 0. The zero-order valence-electron chi connectivity index (χ0n) is 15.3. The molecule has 0 aromatic heterocycles. The maximum absolute atomic E-state index is 12.9. The Morgan fingerprint density at radius 3 is 1.17 bits per heavy atom. The number of carbonyl (C=O) groups is 2. The lowest BCUT2D eigenvalue weighted by Crippen LogP contribution is -2.24. The molecule has 24 heavy (non-hydrogen) atoms. The standard InChI is InChI=1S/C22H24O2/c1-21(2,3)13-7-9-15-17(11-13)19(23)16-10-8-14(22(4,5)6)12-18(16)20(15)24/h7-12H,1-6H3. The molecule has 0 atom stereocenters. The van der Waals surface area contributed by atoms with E-state index in [1.165, 1.54) is 0 Å². The van der Waals surface area contributed by atoms with Crippen molar-refractivity contribution in [1.29, 1.82) is 0 Å². The minimum Gasteiger partial charge on any atom is -0.289 e. The third-order valence-corrected chi connectivity index (χ3v) is 4.75. The first-order valence-electron chi connectivity index (χ1n) is 8.38. The van der Waals surface area contributed by atoms with Crippen LogP contribution in [0.15, 0.2) is 36.4 Å². The smallest absolute Gasteiger partial charge is 0.194 e. The van der Waals surface area contributed by atoms with Crippen molar-refractivity contribution >= 4 is 11.6 Å². The number of hydrogen-bond acceptors (Lipinski definition) is 2. The average molecular weight is 320 g/mol. The van der Waals surface area contributed by atoms with Gasteiger partial charge in [-0.15, -0.1) is 0 Å². The maximum Gasteiger partial charge on any atom is 0.194 e. The second-order valence-corrected chi connectivity index (χ2v) is 8.68. The van der Waals surface area contributed by atoms with Crippen LogP contribution < -0.4 is 0 Å². The van der Waals surface area contributed by atoms with E-state index in [-0.39, 0.29) is 22.4 Å². The molecule has 0 amide bonds. The molecule has 0 spiro atoms. The van der Waals surface area contributed by atoms with E-state index < -0.39 is 0 Å². The molecule has 0 fully saturated rings. The van der Waals surface area contributed by atoms with Crippen molar-refractivity contribution < 1.29 is 9.59 Å². The summed E-state index contributed by atoms with van der Waals surface area (Å²) in [5.41, 5.74) is 4.11. The molecule has 1 aliphatic carbocycles. The first-order valence-corrected chi connectivity index (χ1v) is 8.38. The van der Waals surface area contributed by atoms with Crippen LogP contribution in [-0.4, -0.2) is 11.6 Å². The lowest BCUT2D eigenvalue weighted by Gasteiger charge is -2.25. The Hall–Kier alpha value is -2.22. The van der Waals surface area contributed by atoms with Crippen LogP contribution >= 0.6 is 0 Å². The van der Waals surface area contributed by atoms with Crippen molar-refractivity contribution in [2.75, 3.05) is 0 Å². The zero-order chi connectivity index (χ0) is 17.9. The van der Waals surface area contributed by atoms with Crippen molar-refractivity contribution in [3.63, 3.8) is 0 Å². The van der Waals surface area contributed by atoms with Gasteiger partial charge in [0.25, 0.3) is 0 Å². The summed E-state index contributed by atoms with van der Waals surface area (Å²) >= 11 is 0. The van der Waals surface area contributed by atoms with Crippen LogP contribution in [0.1, 0.15) is 84.5 Å². The molecule has 0 bridgehead atoms. The summed E-state index contributed by atoms with van der Waals surface area (Å²) in [6, 6.07) is 11.3. The highest BCUT2D eigenvalue weighted by Crippen LogP contribution is 2.33. The van der Waals surface area contributed by atoms with Crippen molar-refractivity contribution in [3.05, 3.63) is 69.8 Å². The highest BCUT2D eigenvalue weighted by Gasteiger charge is 2.31. The Labute approximate surface area is 143 Å². The topological polar surface area (TPSA) is 34.1 Å². The molecule has 2 nitrogen and oxygen atoms in total. The second-order valence-electron chi connectivity index (χ2n) is 8.68. The highest BCUT2D eigenvalue weighted by molar-refractivity contribution is 6.28. The fraction of sp³-hybridized carbons (Fsp3) is 0.364. The quantitative estimate of drug-likeness (QED) is 0.580. The number of fused-ring (bicyclic) bond motifs is 2. The molecule has 2 heteroatoms. The lowest BCUT2D eigenvalue weighted by atomic mass is 9.77. The summed E-state index contributed by atoms with van der Waals surface area (Å²) in [5, 5.41) is 0. The first-order chi connectivity index (χ1) is 11.0. The van der Waals surface area contributed by atoms with Gasteiger partial charge in [0.2, 0.25) is 0 Å². The Morgan fingerprint density at radius 1 is 0.542 bits per heavy atom. The normalized spacial score (nSPS) is 14.4. The van der Waals surface area contributed by atoms with Crippen LogP contribution in [0.5, 0.6) is 0 Å². The summed E-state index contributed by atoms with van der Waals surface area (Å²) < 4.78 is 0. The van der Waals surface area contributed by atoms with E-state index in [1.807, 2.05) is 36.4 Å². The molecule has 0 saturated heterocycles. The van der Waals surface area contributed by atoms with Gasteiger partial charge in [-0.05, 0) is 46.2 Å². The number of rotatable bonds is 0. The second kappa shape index (κ2) is 5.14. The number of carbonyl (C=O) groups excluding carboxylic acids is 2. The van der Waals surface area contributed by atoms with E-state index in [1.54, 1.807) is 0 Å². The molecule has 0 unspecified atom stereocenters. The van der Waals surface area contributed by atoms with Crippen molar-refractivity contribution in [2.24, 2.45) is 0 Å². The van der Waals surface area contributed by atoms with E-state index >= 15 is 0 Å². The average Bonchev–Trinajstić information content (AvgIpc) is 2.49. The van der Waals surface area contributed by atoms with E-state index in [0.29, 0.717) is 22.3 Å². The fourth-order valence-electron chi connectivity index (χ4n) is 3.08. The highest BCUT2D eigenvalue weighted by atomic mass is 16.1. The molecule has 0 heterocycles. The Balaban J connectivity index is 2.18. The predicted octanol–water partition coefficient (Wildman–Crippen LogP) is 5.06. The minimum atomic E-state index is -0.0608. The van der Waals surface area contributed by atoms with E-state index in [4.69, 9.17) is 0 Å². The van der Waals surface area contributed by atoms with Crippen LogP contribution in [0.3, 0.4) is 0 Å². The minimum absolute atomic E-state index is 0.0499. The summed E-state index contributed by atoms with van der Waals surface area (Å²) in [4.78, 5) is 25.9. The molecule has 2 aromatic rings. The third kappa shape index (κ3) is 2.60. The molecule has 0 saturated carbocycles. The van der Waals surface area contributed by atoms with Gasteiger partial charge in [0, 0.05) is 22.3 Å². The molecule has 1 aliphatic rings. The summed E-state index contributed by atoms with van der Waals surface area (Å²) in [6.45, 7) is 12.6. The molecule has 0 N–H and O–H groups in total. The fourth-order valence-corrected chi connectivity index (χ4v) is 3.08. The molecule has 2 aromatic carbocycles. The van der Waals surface area contributed by atoms with Crippen molar-refractivity contribution in [3.8, 4) is 0 Å². The van der Waals surface area contributed by atoms with E-state index in [9.17, 15) is 9.59 Å². The number of benzene rings is 2. The van der Waals surface area contributed by atoms with Gasteiger partial charge in [0.05, 0.1) is 0 Å². The van der Waals surface area contributed by atoms with Crippen molar-refractivity contribution in [1.82, 2.24) is 0 Å². The van der Waals surface area contributed by atoms with E-state index in [2.05, 4.69) is 41.5 Å².